The van der Waals surface area contributed by atoms with E-state index in [-0.39, 0.29) is 0 Å². The summed E-state index contributed by atoms with van der Waals surface area (Å²) in [5.74, 6) is 0.591. The van der Waals surface area contributed by atoms with Crippen molar-refractivity contribution in [2.24, 2.45) is 9.98 Å². The minimum Gasteiger partial charge on any atom is -0.449 e. The first-order valence-electron chi connectivity index (χ1n) is 3.34. The van der Waals surface area contributed by atoms with Gasteiger partial charge in [0.2, 0.25) is 0 Å². The Labute approximate surface area is 70.4 Å². The lowest BCUT2D eigenvalue weighted by Crippen LogP contribution is -1.79. The number of aliphatic imine (C=N–C) groups is 2. The largest absolute Gasteiger partial charge is 0.449 e. The SMILES string of the molecule is C=NC=NC(=C)c1coc(C)n1. The van der Waals surface area contributed by atoms with Crippen molar-refractivity contribution in [3.05, 3.63) is 24.4 Å². The van der Waals surface area contributed by atoms with Gasteiger partial charge in [0, 0.05) is 6.92 Å². The fourth-order valence-corrected chi connectivity index (χ4v) is 0.673. The van der Waals surface area contributed by atoms with E-state index < -0.39 is 0 Å². The summed E-state index contributed by atoms with van der Waals surface area (Å²) in [6.45, 7) is 8.67. The first-order valence-corrected chi connectivity index (χ1v) is 3.34. The van der Waals surface area contributed by atoms with E-state index in [4.69, 9.17) is 4.42 Å². The standard InChI is InChI=1S/C8H9N3O/c1-6(10-5-9-3)8-4-12-7(2)11-8/h4-5H,1,3H2,2H3. The van der Waals surface area contributed by atoms with Crippen molar-refractivity contribution in [2.75, 3.05) is 0 Å². The number of oxazole rings is 1. The second-order valence-electron chi connectivity index (χ2n) is 2.13. The van der Waals surface area contributed by atoms with Gasteiger partial charge in [-0.15, -0.1) is 0 Å². The Bertz CT molecular complexity index is 325. The average molecular weight is 163 g/mol. The van der Waals surface area contributed by atoms with Crippen molar-refractivity contribution in [1.82, 2.24) is 4.98 Å². The van der Waals surface area contributed by atoms with Crippen LogP contribution in [0.25, 0.3) is 5.70 Å². The molecule has 0 aliphatic rings. The lowest BCUT2D eigenvalue weighted by Gasteiger charge is -1.88. The molecule has 0 spiro atoms. The van der Waals surface area contributed by atoms with Crippen molar-refractivity contribution in [1.29, 1.82) is 0 Å². The molecule has 0 atom stereocenters. The van der Waals surface area contributed by atoms with Crippen LogP contribution in [0.3, 0.4) is 0 Å². The van der Waals surface area contributed by atoms with Crippen molar-refractivity contribution >= 4 is 18.8 Å². The molecule has 0 N–H and O–H groups in total. The summed E-state index contributed by atoms with van der Waals surface area (Å²) in [5, 5.41) is 0. The van der Waals surface area contributed by atoms with Crippen molar-refractivity contribution in [2.45, 2.75) is 6.92 Å². The number of nitrogens with zero attached hydrogens (tertiary/aromatic N) is 3. The van der Waals surface area contributed by atoms with Gasteiger partial charge < -0.3 is 4.42 Å². The predicted molar refractivity (Wildman–Crippen MR) is 48.3 cm³/mol. The second-order valence-corrected chi connectivity index (χ2v) is 2.13. The maximum absolute atomic E-state index is 4.97. The monoisotopic (exact) mass is 163 g/mol. The van der Waals surface area contributed by atoms with Gasteiger partial charge in [-0.2, -0.15) is 0 Å². The van der Waals surface area contributed by atoms with Crippen molar-refractivity contribution in [3.8, 4) is 0 Å². The zero-order valence-electron chi connectivity index (χ0n) is 6.82. The molecular weight excluding hydrogens is 154 g/mol. The van der Waals surface area contributed by atoms with Gasteiger partial charge in [0.15, 0.2) is 5.89 Å². The molecular formula is C8H9N3O. The summed E-state index contributed by atoms with van der Waals surface area (Å²) >= 11 is 0. The van der Waals surface area contributed by atoms with Crippen LogP contribution in [-0.2, 0) is 0 Å². The third kappa shape index (κ3) is 1.88. The summed E-state index contributed by atoms with van der Waals surface area (Å²) in [5.41, 5.74) is 1.13. The molecule has 62 valence electrons. The van der Waals surface area contributed by atoms with Crippen LogP contribution >= 0.6 is 0 Å². The number of aromatic nitrogens is 1. The second kappa shape index (κ2) is 3.61. The molecule has 4 nitrogen and oxygen atoms in total. The van der Waals surface area contributed by atoms with Crippen molar-refractivity contribution < 1.29 is 4.42 Å². The number of hydrogen-bond donors (Lipinski definition) is 0. The predicted octanol–water partition coefficient (Wildman–Crippen LogP) is 1.68. The molecule has 0 radical (unpaired) electrons. The summed E-state index contributed by atoms with van der Waals surface area (Å²) in [7, 11) is 0. The van der Waals surface area contributed by atoms with Gasteiger partial charge in [-0.3, -0.25) is 4.99 Å². The van der Waals surface area contributed by atoms with Crippen LogP contribution in [0, 0.1) is 6.92 Å². The van der Waals surface area contributed by atoms with E-state index in [0.29, 0.717) is 17.3 Å². The minimum atomic E-state index is 0.513. The number of rotatable bonds is 3. The lowest BCUT2D eigenvalue weighted by molar-refractivity contribution is 0.521. The maximum Gasteiger partial charge on any atom is 0.191 e. The molecule has 0 bridgehead atoms. The summed E-state index contributed by atoms with van der Waals surface area (Å²) in [6.07, 6.45) is 2.81. The molecule has 0 saturated carbocycles. The third-order valence-corrected chi connectivity index (χ3v) is 1.21. The van der Waals surface area contributed by atoms with Gasteiger partial charge in [0.05, 0.1) is 5.70 Å². The summed E-state index contributed by atoms with van der Waals surface area (Å²) in [6, 6.07) is 0. The maximum atomic E-state index is 4.97. The van der Waals surface area contributed by atoms with Gasteiger partial charge in [-0.05, 0) is 6.72 Å². The van der Waals surface area contributed by atoms with Crippen LogP contribution in [0.4, 0.5) is 0 Å². The van der Waals surface area contributed by atoms with Gasteiger partial charge in [-0.1, -0.05) is 6.58 Å². The van der Waals surface area contributed by atoms with Crippen LogP contribution in [-0.4, -0.2) is 18.0 Å². The Morgan fingerprint density at radius 3 is 3.00 bits per heavy atom. The first kappa shape index (κ1) is 8.39. The van der Waals surface area contributed by atoms with Gasteiger partial charge >= 0.3 is 0 Å². The number of aryl methyl sites for hydroxylation is 1. The van der Waals surface area contributed by atoms with Crippen LogP contribution in [0.1, 0.15) is 11.6 Å². The summed E-state index contributed by atoms with van der Waals surface area (Å²) in [4.78, 5) is 11.3. The Balaban J connectivity index is 2.78. The molecule has 0 aliphatic heterocycles. The molecule has 1 aromatic rings. The zero-order chi connectivity index (χ0) is 8.97. The molecule has 12 heavy (non-hydrogen) atoms. The van der Waals surface area contributed by atoms with E-state index in [0.717, 1.165) is 0 Å². The van der Waals surface area contributed by atoms with Gasteiger partial charge in [0.25, 0.3) is 0 Å². The average Bonchev–Trinajstić information content (AvgIpc) is 2.47. The van der Waals surface area contributed by atoms with E-state index in [1.165, 1.54) is 12.6 Å². The van der Waals surface area contributed by atoms with Gasteiger partial charge in [-0.25, -0.2) is 9.98 Å². The molecule has 0 aromatic carbocycles. The molecule has 4 heteroatoms. The Morgan fingerprint density at radius 2 is 2.50 bits per heavy atom. The topological polar surface area (TPSA) is 50.8 Å². The van der Waals surface area contributed by atoms with Gasteiger partial charge in [0.1, 0.15) is 18.3 Å². The molecule has 0 fully saturated rings. The van der Waals surface area contributed by atoms with E-state index >= 15 is 0 Å². The highest BCUT2D eigenvalue weighted by Crippen LogP contribution is 2.11. The lowest BCUT2D eigenvalue weighted by atomic mass is 10.4. The smallest absolute Gasteiger partial charge is 0.191 e. The van der Waals surface area contributed by atoms with E-state index in [2.05, 4.69) is 28.3 Å². The fraction of sp³-hybridized carbons (Fsp3) is 0.125. The molecule has 0 amide bonds. The van der Waals surface area contributed by atoms with E-state index in [9.17, 15) is 0 Å². The molecule has 0 aliphatic carbocycles. The van der Waals surface area contributed by atoms with E-state index in [1.807, 2.05) is 0 Å². The highest BCUT2D eigenvalue weighted by Gasteiger charge is 2.01. The summed E-state index contributed by atoms with van der Waals surface area (Å²) < 4.78 is 4.97. The highest BCUT2D eigenvalue weighted by molar-refractivity contribution is 5.72. The molecule has 0 unspecified atom stereocenters. The number of hydrogen-bond acceptors (Lipinski definition) is 3. The van der Waals surface area contributed by atoms with E-state index in [1.54, 1.807) is 6.92 Å². The molecule has 1 rings (SSSR count). The van der Waals surface area contributed by atoms with Crippen LogP contribution in [0.15, 0.2) is 27.2 Å². The Hall–Kier alpha value is -1.71. The Kier molecular flexibility index (Phi) is 2.53. The van der Waals surface area contributed by atoms with Crippen LogP contribution < -0.4 is 0 Å². The Morgan fingerprint density at radius 1 is 1.75 bits per heavy atom. The quantitative estimate of drug-likeness (QED) is 0.502. The third-order valence-electron chi connectivity index (χ3n) is 1.21. The first-order chi connectivity index (χ1) is 5.74. The molecule has 1 heterocycles. The van der Waals surface area contributed by atoms with Crippen LogP contribution in [0.2, 0.25) is 0 Å². The van der Waals surface area contributed by atoms with Crippen molar-refractivity contribution in [3.63, 3.8) is 0 Å². The fourth-order valence-electron chi connectivity index (χ4n) is 0.673. The highest BCUT2D eigenvalue weighted by atomic mass is 16.3. The molecule has 1 aromatic heterocycles. The minimum absolute atomic E-state index is 0.513. The normalized spacial score (nSPS) is 10.4. The van der Waals surface area contributed by atoms with Crippen LogP contribution in [0.5, 0.6) is 0 Å². The zero-order valence-corrected chi connectivity index (χ0v) is 6.82. The molecule has 0 saturated heterocycles.